The summed E-state index contributed by atoms with van der Waals surface area (Å²) in [4.78, 5) is 58.3. The second-order valence-corrected chi connectivity index (χ2v) is 10.7. The van der Waals surface area contributed by atoms with Gasteiger partial charge in [-0.1, -0.05) is 21.8 Å². The lowest BCUT2D eigenvalue weighted by molar-refractivity contribution is 0.0634. The van der Waals surface area contributed by atoms with Gasteiger partial charge in [-0.3, -0.25) is 15.4 Å². The highest BCUT2D eigenvalue weighted by molar-refractivity contribution is 6.01. The number of nitrogens with zero attached hydrogens (tertiary/aromatic N) is 3. The van der Waals surface area contributed by atoms with Gasteiger partial charge in [-0.05, 0) is 63.6 Å². The smallest absolute Gasteiger partial charge is 0.413 e. The number of aromatic nitrogens is 2. The van der Waals surface area contributed by atoms with Crippen molar-refractivity contribution in [2.45, 2.75) is 73.0 Å². The highest BCUT2D eigenvalue weighted by atomic mass is 19.1. The van der Waals surface area contributed by atoms with Crippen molar-refractivity contribution in [2.75, 3.05) is 10.6 Å². The van der Waals surface area contributed by atoms with E-state index >= 15 is 4.39 Å². The average Bonchev–Trinajstić information content (AvgIpc) is 3.70. The molecule has 0 aliphatic heterocycles. The minimum Gasteiger partial charge on any atom is -0.444 e. The van der Waals surface area contributed by atoms with E-state index in [0.717, 1.165) is 6.07 Å². The number of anilines is 2. The van der Waals surface area contributed by atoms with Crippen molar-refractivity contribution in [3.05, 3.63) is 76.9 Å². The first-order valence-corrected chi connectivity index (χ1v) is 13.4. The Bertz CT molecular complexity index is 1600. The maximum absolute atomic E-state index is 15.2. The van der Waals surface area contributed by atoms with Crippen LogP contribution in [0.4, 0.5) is 25.6 Å². The number of esters is 1. The Morgan fingerprint density at radius 1 is 1.00 bits per heavy atom. The molecule has 1 unspecified atom stereocenters. The van der Waals surface area contributed by atoms with Gasteiger partial charge in [0.2, 0.25) is 0 Å². The van der Waals surface area contributed by atoms with Crippen molar-refractivity contribution in [1.82, 2.24) is 15.3 Å². The molecule has 1 fully saturated rings. The molecule has 0 bridgehead atoms. The molecule has 13 heteroatoms. The van der Waals surface area contributed by atoms with Crippen LogP contribution in [0, 0.1) is 17.1 Å². The van der Waals surface area contributed by atoms with Crippen LogP contribution in [0.25, 0.3) is 0 Å². The van der Waals surface area contributed by atoms with Gasteiger partial charge in [0, 0.05) is 36.3 Å². The van der Waals surface area contributed by atoms with E-state index in [4.69, 9.17) is 14.7 Å². The predicted molar refractivity (Wildman–Crippen MR) is 166 cm³/mol. The summed E-state index contributed by atoms with van der Waals surface area (Å²) in [7, 11) is 0. The number of carbonyl (C=O) groups excluding carboxylic acids is 4. The number of ketones is 1. The van der Waals surface area contributed by atoms with Gasteiger partial charge in [-0.25, -0.2) is 28.7 Å². The quantitative estimate of drug-likeness (QED) is 0.143. The molecule has 3 aromatic rings. The van der Waals surface area contributed by atoms with E-state index in [9.17, 15) is 19.2 Å². The average molecular weight is 621 g/mol. The number of hydrogen-bond acceptors (Lipinski definition) is 9. The lowest BCUT2D eigenvalue weighted by Gasteiger charge is -2.19. The number of rotatable bonds is 8. The van der Waals surface area contributed by atoms with E-state index < -0.39 is 41.5 Å². The third-order valence-corrected chi connectivity index (χ3v) is 6.20. The van der Waals surface area contributed by atoms with Gasteiger partial charge in [0.05, 0.1) is 16.7 Å². The molecule has 1 aromatic carbocycles. The Labute approximate surface area is 261 Å². The Hall–Kier alpha value is -5.38. The summed E-state index contributed by atoms with van der Waals surface area (Å²) in [5, 5.41) is 16.6. The number of halogens is 1. The summed E-state index contributed by atoms with van der Waals surface area (Å²) >= 11 is 0. The topological polar surface area (TPSA) is 172 Å². The molecule has 0 spiro atoms. The van der Waals surface area contributed by atoms with E-state index in [1.165, 1.54) is 42.7 Å². The van der Waals surface area contributed by atoms with Gasteiger partial charge in [-0.2, -0.15) is 5.26 Å². The zero-order valence-electron chi connectivity index (χ0n) is 23.9. The lowest BCUT2D eigenvalue weighted by atomic mass is 10.00. The van der Waals surface area contributed by atoms with Gasteiger partial charge >= 0.3 is 18.1 Å². The van der Waals surface area contributed by atoms with Crippen LogP contribution in [0.2, 0.25) is 0 Å². The Morgan fingerprint density at radius 3 is 2.24 bits per heavy atom. The number of ether oxygens (including phenoxy) is 2. The minimum absolute atomic E-state index is 0. The van der Waals surface area contributed by atoms with Crippen LogP contribution in [-0.4, -0.2) is 45.5 Å². The molecule has 2 aromatic heterocycles. The summed E-state index contributed by atoms with van der Waals surface area (Å²) in [5.41, 5.74) is -0.381. The molecule has 4 rings (SSSR count). The fourth-order valence-electron chi connectivity index (χ4n) is 4.12. The first-order valence-electron chi connectivity index (χ1n) is 13.4. The van der Waals surface area contributed by atoms with Crippen molar-refractivity contribution in [2.24, 2.45) is 0 Å². The third kappa shape index (κ3) is 9.30. The number of carbonyl (C=O) groups is 4. The van der Waals surface area contributed by atoms with Gasteiger partial charge in [0.25, 0.3) is 0 Å². The first kappa shape index (κ1) is 35.8. The van der Waals surface area contributed by atoms with Crippen molar-refractivity contribution in [1.29, 1.82) is 5.26 Å². The van der Waals surface area contributed by atoms with Gasteiger partial charge in [0.15, 0.2) is 5.78 Å². The molecule has 45 heavy (non-hydrogen) atoms. The predicted octanol–water partition coefficient (Wildman–Crippen LogP) is 6.60. The Morgan fingerprint density at radius 2 is 1.67 bits per heavy atom. The van der Waals surface area contributed by atoms with E-state index in [2.05, 4.69) is 25.9 Å². The number of Topliss-reactive ketones (excluding diaryl/α,β-unsaturated/α-hetero) is 1. The number of pyridine rings is 2. The summed E-state index contributed by atoms with van der Waals surface area (Å²) < 4.78 is 26.0. The van der Waals surface area contributed by atoms with Crippen LogP contribution in [0.3, 0.4) is 0 Å². The number of benzene rings is 1. The zero-order valence-corrected chi connectivity index (χ0v) is 23.9. The molecule has 0 radical (unpaired) electrons. The van der Waals surface area contributed by atoms with Crippen molar-refractivity contribution < 1.29 is 33.0 Å². The van der Waals surface area contributed by atoms with E-state index in [0.29, 0.717) is 12.0 Å². The minimum atomic E-state index is -0.900. The highest BCUT2D eigenvalue weighted by Gasteiger charge is 2.44. The van der Waals surface area contributed by atoms with Gasteiger partial charge in [0.1, 0.15) is 34.9 Å². The van der Waals surface area contributed by atoms with E-state index in [-0.39, 0.29) is 61.1 Å². The van der Waals surface area contributed by atoms with E-state index in [1.807, 2.05) is 6.07 Å². The third-order valence-electron chi connectivity index (χ3n) is 6.20. The monoisotopic (exact) mass is 620 g/mol. The molecular formula is C32H37FN6O6. The second kappa shape index (κ2) is 14.9. The number of nitriles is 1. The van der Waals surface area contributed by atoms with Crippen LogP contribution in [0.15, 0.2) is 48.8 Å². The van der Waals surface area contributed by atoms with Crippen molar-refractivity contribution >= 4 is 35.5 Å². The summed E-state index contributed by atoms with van der Waals surface area (Å²) in [6.07, 6.45) is 2.15. The summed E-state index contributed by atoms with van der Waals surface area (Å²) in [6.45, 7) is 6.75. The van der Waals surface area contributed by atoms with Crippen molar-refractivity contribution in [3.8, 4) is 11.8 Å². The standard InChI is InChI=1S/C30H29FN6O6.2CH4/c1-5-22(38)18-8-9-20(31)25(19-12-21(19)35-28(40)36-23-10-6-16(13-32)14-33-23)26(18)42-27(39)17-7-11-24(34-15-17)37-29(41)43-30(2,3)4;;/h6-11,14-15,19,21H,5,12H2,1-4H3,(H,34,37,41)(H2,33,35,36,40);2*1H4/t19-,21?;;/m1../s1. The molecule has 2 heterocycles. The molecule has 1 aliphatic carbocycles. The largest absolute Gasteiger partial charge is 0.444 e. The van der Waals surface area contributed by atoms with Crippen LogP contribution in [0.1, 0.15) is 93.2 Å². The maximum atomic E-state index is 15.2. The molecule has 12 nitrogen and oxygen atoms in total. The van der Waals surface area contributed by atoms with Gasteiger partial charge < -0.3 is 14.8 Å². The number of hydrogen-bond donors (Lipinski definition) is 3. The molecule has 238 valence electrons. The number of nitrogens with one attached hydrogen (secondary N) is 3. The highest BCUT2D eigenvalue weighted by Crippen LogP contribution is 2.47. The molecular weight excluding hydrogens is 583 g/mol. The fraction of sp³-hybridized carbons (Fsp3) is 0.344. The van der Waals surface area contributed by atoms with Crippen LogP contribution in [0.5, 0.6) is 5.75 Å². The molecule has 2 atom stereocenters. The molecule has 3 N–H and O–H groups in total. The maximum Gasteiger partial charge on any atom is 0.413 e. The molecule has 3 amide bonds. The fourth-order valence-corrected chi connectivity index (χ4v) is 4.12. The molecule has 1 aliphatic rings. The number of urea groups is 1. The lowest BCUT2D eigenvalue weighted by Crippen LogP contribution is -2.31. The van der Waals surface area contributed by atoms with E-state index in [1.54, 1.807) is 27.7 Å². The van der Waals surface area contributed by atoms with Crippen LogP contribution in [-0.2, 0) is 4.74 Å². The summed E-state index contributed by atoms with van der Waals surface area (Å²) in [6, 6.07) is 8.88. The van der Waals surface area contributed by atoms with Gasteiger partial charge in [-0.15, -0.1) is 0 Å². The molecule has 1 saturated carbocycles. The van der Waals surface area contributed by atoms with Crippen LogP contribution < -0.4 is 20.7 Å². The Balaban J connectivity index is 0.00000353. The molecule has 0 saturated heterocycles. The zero-order chi connectivity index (χ0) is 31.3. The van der Waals surface area contributed by atoms with Crippen molar-refractivity contribution in [3.63, 3.8) is 0 Å². The summed E-state index contributed by atoms with van der Waals surface area (Å²) in [5.74, 6) is -2.43. The SMILES string of the molecule is C.C.CCC(=O)c1ccc(F)c([C@@H]2CC2NC(=O)Nc2ccc(C#N)cn2)c1OC(=O)c1ccc(NC(=O)OC(C)(C)C)nc1. The second-order valence-electron chi connectivity index (χ2n) is 10.7. The first-order chi connectivity index (χ1) is 20.4. The van der Waals surface area contributed by atoms with Crippen LogP contribution >= 0.6 is 0 Å². The Kier molecular flexibility index (Phi) is 11.8. The normalized spacial score (nSPS) is 14.8. The number of amides is 3.